The number of benzene rings is 1. The molecule has 1 aromatic carbocycles. The lowest BCUT2D eigenvalue weighted by atomic mass is 10.3. The zero-order chi connectivity index (χ0) is 15.5. The molecule has 1 heterocycles. The molecule has 0 fully saturated rings. The summed E-state index contributed by atoms with van der Waals surface area (Å²) in [6.07, 6.45) is 1.42. The van der Waals surface area contributed by atoms with Gasteiger partial charge in [-0.3, -0.25) is 19.8 Å². The van der Waals surface area contributed by atoms with E-state index >= 15 is 0 Å². The van der Waals surface area contributed by atoms with Crippen LogP contribution in [0, 0.1) is 10.1 Å². The topological polar surface area (TPSA) is 102 Å². The molecule has 0 saturated carbocycles. The molecule has 2 aromatic rings. The number of para-hydroxylation sites is 2. The summed E-state index contributed by atoms with van der Waals surface area (Å²) in [6.45, 7) is 0. The van der Waals surface area contributed by atoms with E-state index in [0.717, 1.165) is 0 Å². The Morgan fingerprint density at radius 1 is 1.24 bits per heavy atom. The SMILES string of the molecule is O=[N+]([O-])c1ccccc1NS(=O)(=O)c1cccnc1CCl. The molecule has 0 amide bonds. The molecule has 0 aliphatic rings. The van der Waals surface area contributed by atoms with Crippen molar-refractivity contribution in [1.29, 1.82) is 0 Å². The predicted octanol–water partition coefficient (Wildman–Crippen LogP) is 2.53. The average molecular weight is 328 g/mol. The number of nitro groups is 1. The number of hydrogen-bond donors (Lipinski definition) is 1. The van der Waals surface area contributed by atoms with Gasteiger partial charge in [-0.2, -0.15) is 0 Å². The van der Waals surface area contributed by atoms with E-state index in [4.69, 9.17) is 11.6 Å². The summed E-state index contributed by atoms with van der Waals surface area (Å²) >= 11 is 5.66. The standard InChI is InChI=1S/C12H10ClN3O4S/c13-8-10-12(6-3-7-14-10)21(19,20)15-9-4-1-2-5-11(9)16(17)18/h1-7,15H,8H2. The van der Waals surface area contributed by atoms with Gasteiger partial charge in [-0.05, 0) is 18.2 Å². The van der Waals surface area contributed by atoms with Gasteiger partial charge in [-0.1, -0.05) is 12.1 Å². The van der Waals surface area contributed by atoms with Crippen molar-refractivity contribution < 1.29 is 13.3 Å². The number of anilines is 1. The van der Waals surface area contributed by atoms with Crippen LogP contribution in [-0.4, -0.2) is 18.3 Å². The number of nitrogens with zero attached hydrogens (tertiary/aromatic N) is 2. The first-order valence-electron chi connectivity index (χ1n) is 5.72. The van der Waals surface area contributed by atoms with Gasteiger partial charge in [0, 0.05) is 12.3 Å². The van der Waals surface area contributed by atoms with Gasteiger partial charge < -0.3 is 0 Å². The Balaban J connectivity index is 2.45. The molecule has 1 N–H and O–H groups in total. The summed E-state index contributed by atoms with van der Waals surface area (Å²) in [4.78, 5) is 14.0. The van der Waals surface area contributed by atoms with E-state index in [1.165, 1.54) is 42.6 Å². The van der Waals surface area contributed by atoms with E-state index < -0.39 is 14.9 Å². The molecule has 0 aliphatic heterocycles. The fourth-order valence-electron chi connectivity index (χ4n) is 1.69. The van der Waals surface area contributed by atoms with Crippen molar-refractivity contribution in [2.24, 2.45) is 0 Å². The number of alkyl halides is 1. The van der Waals surface area contributed by atoms with Gasteiger partial charge in [0.25, 0.3) is 15.7 Å². The van der Waals surface area contributed by atoms with E-state index in [1.54, 1.807) is 0 Å². The van der Waals surface area contributed by atoms with Crippen LogP contribution in [-0.2, 0) is 15.9 Å². The fraction of sp³-hybridized carbons (Fsp3) is 0.0833. The van der Waals surface area contributed by atoms with Crippen molar-refractivity contribution in [1.82, 2.24) is 4.98 Å². The van der Waals surface area contributed by atoms with E-state index in [0.29, 0.717) is 0 Å². The Kier molecular flexibility index (Phi) is 4.39. The number of nitro benzene ring substituents is 1. The van der Waals surface area contributed by atoms with Crippen molar-refractivity contribution in [3.8, 4) is 0 Å². The zero-order valence-corrected chi connectivity index (χ0v) is 12.1. The maximum absolute atomic E-state index is 12.3. The first kappa shape index (κ1) is 15.2. The zero-order valence-electron chi connectivity index (χ0n) is 10.6. The van der Waals surface area contributed by atoms with Gasteiger partial charge in [-0.15, -0.1) is 11.6 Å². The summed E-state index contributed by atoms with van der Waals surface area (Å²) in [5.74, 6) is -0.0893. The number of pyridine rings is 1. The minimum atomic E-state index is -4.01. The van der Waals surface area contributed by atoms with Crippen molar-refractivity contribution in [2.75, 3.05) is 4.72 Å². The van der Waals surface area contributed by atoms with Crippen molar-refractivity contribution in [2.45, 2.75) is 10.8 Å². The van der Waals surface area contributed by atoms with E-state index in [2.05, 4.69) is 9.71 Å². The van der Waals surface area contributed by atoms with E-state index in [9.17, 15) is 18.5 Å². The molecule has 21 heavy (non-hydrogen) atoms. The van der Waals surface area contributed by atoms with Crippen LogP contribution in [0.3, 0.4) is 0 Å². The molecule has 0 atom stereocenters. The van der Waals surface area contributed by atoms with Crippen molar-refractivity contribution in [3.05, 3.63) is 58.4 Å². The molecule has 110 valence electrons. The second-order valence-electron chi connectivity index (χ2n) is 3.96. The Morgan fingerprint density at radius 2 is 1.95 bits per heavy atom. The van der Waals surface area contributed by atoms with Gasteiger partial charge in [0.15, 0.2) is 0 Å². The smallest absolute Gasteiger partial charge is 0.273 e. The van der Waals surface area contributed by atoms with Gasteiger partial charge >= 0.3 is 0 Å². The van der Waals surface area contributed by atoms with Gasteiger partial charge in [0.2, 0.25) is 0 Å². The molecular weight excluding hydrogens is 318 g/mol. The Labute approximate surface area is 125 Å². The average Bonchev–Trinajstić information content (AvgIpc) is 2.47. The predicted molar refractivity (Wildman–Crippen MR) is 77.7 cm³/mol. The number of aromatic nitrogens is 1. The van der Waals surface area contributed by atoms with Crippen LogP contribution >= 0.6 is 11.6 Å². The molecule has 0 unspecified atom stereocenters. The lowest BCUT2D eigenvalue weighted by Gasteiger charge is -2.10. The highest BCUT2D eigenvalue weighted by molar-refractivity contribution is 7.92. The number of sulfonamides is 1. The lowest BCUT2D eigenvalue weighted by Crippen LogP contribution is -2.16. The van der Waals surface area contributed by atoms with Crippen molar-refractivity contribution >= 4 is 33.0 Å². The molecule has 0 bridgehead atoms. The highest BCUT2D eigenvalue weighted by Gasteiger charge is 2.22. The summed E-state index contributed by atoms with van der Waals surface area (Å²) < 4.78 is 26.8. The van der Waals surface area contributed by atoms with E-state index in [-0.39, 0.29) is 27.8 Å². The Morgan fingerprint density at radius 3 is 2.62 bits per heavy atom. The quantitative estimate of drug-likeness (QED) is 0.516. The third-order valence-electron chi connectivity index (χ3n) is 2.61. The minimum Gasteiger partial charge on any atom is -0.273 e. The number of rotatable bonds is 5. The molecule has 0 radical (unpaired) electrons. The largest absolute Gasteiger partial charge is 0.293 e. The van der Waals surface area contributed by atoms with Crippen LogP contribution in [0.15, 0.2) is 47.5 Å². The van der Waals surface area contributed by atoms with Crippen LogP contribution < -0.4 is 4.72 Å². The molecule has 0 saturated heterocycles. The second-order valence-corrected chi connectivity index (χ2v) is 5.88. The van der Waals surface area contributed by atoms with Crippen LogP contribution in [0.2, 0.25) is 0 Å². The Hall–Kier alpha value is -2.19. The summed E-state index contributed by atoms with van der Waals surface area (Å²) in [5.41, 5.74) is -0.283. The first-order valence-corrected chi connectivity index (χ1v) is 7.73. The molecule has 0 spiro atoms. The molecule has 7 nitrogen and oxygen atoms in total. The minimum absolute atomic E-state index is 0.0893. The van der Waals surface area contributed by atoms with Crippen LogP contribution in [0.5, 0.6) is 0 Å². The number of hydrogen-bond acceptors (Lipinski definition) is 5. The van der Waals surface area contributed by atoms with E-state index in [1.807, 2.05) is 0 Å². The molecule has 1 aromatic heterocycles. The highest BCUT2D eigenvalue weighted by atomic mass is 35.5. The third kappa shape index (κ3) is 3.29. The van der Waals surface area contributed by atoms with Crippen molar-refractivity contribution in [3.63, 3.8) is 0 Å². The van der Waals surface area contributed by atoms with Crippen LogP contribution in [0.25, 0.3) is 0 Å². The molecular formula is C12H10ClN3O4S. The summed E-state index contributed by atoms with van der Waals surface area (Å²) in [5, 5.41) is 10.9. The molecule has 2 rings (SSSR count). The lowest BCUT2D eigenvalue weighted by molar-refractivity contribution is -0.383. The van der Waals surface area contributed by atoms with Gasteiger partial charge in [-0.25, -0.2) is 8.42 Å². The monoisotopic (exact) mass is 327 g/mol. The first-order chi connectivity index (χ1) is 9.95. The van der Waals surface area contributed by atoms with Crippen LogP contribution in [0.1, 0.15) is 5.69 Å². The maximum Gasteiger partial charge on any atom is 0.293 e. The third-order valence-corrected chi connectivity index (χ3v) is 4.30. The summed E-state index contributed by atoms with van der Waals surface area (Å²) in [7, 11) is -4.01. The fourth-order valence-corrected chi connectivity index (χ4v) is 3.24. The number of halogens is 1. The van der Waals surface area contributed by atoms with Gasteiger partial charge in [0.1, 0.15) is 10.6 Å². The highest BCUT2D eigenvalue weighted by Crippen LogP contribution is 2.27. The molecule has 0 aliphatic carbocycles. The summed E-state index contributed by atoms with van der Waals surface area (Å²) in [6, 6.07) is 8.25. The van der Waals surface area contributed by atoms with Crippen LogP contribution in [0.4, 0.5) is 11.4 Å². The second kappa shape index (κ2) is 6.06. The molecule has 9 heteroatoms. The number of nitrogens with one attached hydrogen (secondary N) is 1. The van der Waals surface area contributed by atoms with Gasteiger partial charge in [0.05, 0.1) is 16.5 Å². The Bertz CT molecular complexity index is 780. The normalized spacial score (nSPS) is 11.1. The maximum atomic E-state index is 12.3.